The Morgan fingerprint density at radius 3 is 3.00 bits per heavy atom. The Morgan fingerprint density at radius 1 is 1.36 bits per heavy atom. The summed E-state index contributed by atoms with van der Waals surface area (Å²) in [6.07, 6.45) is -0.205. The third-order valence-electron chi connectivity index (χ3n) is 3.58. The molecule has 0 radical (unpaired) electrons. The number of fused-ring (bicyclic) bond motifs is 1. The molecule has 3 rings (SSSR count). The average Bonchev–Trinajstić information content (AvgIpc) is 2.53. The van der Waals surface area contributed by atoms with Gasteiger partial charge in [0.05, 0.1) is 19.6 Å². The second-order valence-corrected chi connectivity index (χ2v) is 5.36. The van der Waals surface area contributed by atoms with Gasteiger partial charge in [-0.3, -0.25) is 14.5 Å². The van der Waals surface area contributed by atoms with Gasteiger partial charge in [-0.05, 0) is 12.1 Å². The number of amides is 2. The van der Waals surface area contributed by atoms with Gasteiger partial charge in [0.15, 0.2) is 11.5 Å². The van der Waals surface area contributed by atoms with Crippen molar-refractivity contribution in [2.45, 2.75) is 6.10 Å². The highest BCUT2D eigenvalue weighted by Crippen LogP contribution is 2.30. The fraction of sp³-hybridized carbons (Fsp3) is 0.467. The Labute approximate surface area is 128 Å². The zero-order chi connectivity index (χ0) is 15.4. The number of rotatable bonds is 4. The highest BCUT2D eigenvalue weighted by atomic mass is 16.6. The quantitative estimate of drug-likeness (QED) is 0.774. The Bertz CT molecular complexity index is 563. The standard InChI is InChI=1S/C15H19N3O4/c19-14-8-18(6-5-16-14)9-15(20)17-7-11-10-21-12-3-1-2-4-13(12)22-11/h1-4,11H,5-10H2,(H,16,19)(H,17,20). The van der Waals surface area contributed by atoms with E-state index in [9.17, 15) is 9.59 Å². The first-order chi connectivity index (χ1) is 10.7. The molecule has 1 fully saturated rings. The second kappa shape index (κ2) is 6.65. The van der Waals surface area contributed by atoms with E-state index in [1.807, 2.05) is 29.2 Å². The molecule has 1 aromatic rings. The molecule has 1 unspecified atom stereocenters. The van der Waals surface area contributed by atoms with Gasteiger partial charge < -0.3 is 20.1 Å². The van der Waals surface area contributed by atoms with Gasteiger partial charge in [-0.1, -0.05) is 12.1 Å². The molecule has 2 aliphatic rings. The number of piperazine rings is 1. The molecular weight excluding hydrogens is 286 g/mol. The number of hydrogen-bond acceptors (Lipinski definition) is 5. The number of carbonyl (C=O) groups is 2. The summed E-state index contributed by atoms with van der Waals surface area (Å²) in [5.41, 5.74) is 0. The number of benzene rings is 1. The zero-order valence-electron chi connectivity index (χ0n) is 12.2. The van der Waals surface area contributed by atoms with Gasteiger partial charge in [0.25, 0.3) is 0 Å². The normalized spacial score (nSPS) is 21.1. The molecule has 2 aliphatic heterocycles. The molecule has 1 saturated heterocycles. The van der Waals surface area contributed by atoms with Gasteiger partial charge >= 0.3 is 0 Å². The maximum Gasteiger partial charge on any atom is 0.234 e. The highest BCUT2D eigenvalue weighted by Gasteiger charge is 2.22. The van der Waals surface area contributed by atoms with Crippen LogP contribution in [0.25, 0.3) is 0 Å². The smallest absolute Gasteiger partial charge is 0.234 e. The van der Waals surface area contributed by atoms with Crippen LogP contribution in [0, 0.1) is 0 Å². The van der Waals surface area contributed by atoms with Crippen molar-refractivity contribution in [2.75, 3.05) is 39.3 Å². The van der Waals surface area contributed by atoms with Crippen LogP contribution in [0.5, 0.6) is 11.5 Å². The molecule has 0 aliphatic carbocycles. The van der Waals surface area contributed by atoms with Crippen LogP contribution in [-0.4, -0.2) is 62.1 Å². The number of para-hydroxylation sites is 2. The van der Waals surface area contributed by atoms with Crippen molar-refractivity contribution in [3.63, 3.8) is 0 Å². The van der Waals surface area contributed by atoms with Gasteiger partial charge in [-0.2, -0.15) is 0 Å². The monoisotopic (exact) mass is 305 g/mol. The molecule has 0 bridgehead atoms. The van der Waals surface area contributed by atoms with Crippen molar-refractivity contribution in [2.24, 2.45) is 0 Å². The van der Waals surface area contributed by atoms with Crippen LogP contribution in [0.4, 0.5) is 0 Å². The van der Waals surface area contributed by atoms with Crippen molar-refractivity contribution in [1.29, 1.82) is 0 Å². The fourth-order valence-corrected chi connectivity index (χ4v) is 2.48. The van der Waals surface area contributed by atoms with Crippen LogP contribution < -0.4 is 20.1 Å². The maximum absolute atomic E-state index is 11.9. The number of nitrogens with one attached hydrogen (secondary N) is 2. The summed E-state index contributed by atoms with van der Waals surface area (Å²) in [4.78, 5) is 25.0. The lowest BCUT2D eigenvalue weighted by Gasteiger charge is -2.28. The van der Waals surface area contributed by atoms with Gasteiger partial charge in [-0.15, -0.1) is 0 Å². The molecule has 2 N–H and O–H groups in total. The highest BCUT2D eigenvalue weighted by molar-refractivity contribution is 5.81. The summed E-state index contributed by atoms with van der Waals surface area (Å²) in [6, 6.07) is 7.46. The molecule has 0 aromatic heterocycles. The molecule has 22 heavy (non-hydrogen) atoms. The lowest BCUT2D eigenvalue weighted by atomic mass is 10.2. The van der Waals surface area contributed by atoms with E-state index >= 15 is 0 Å². The number of hydrogen-bond donors (Lipinski definition) is 2. The van der Waals surface area contributed by atoms with Gasteiger partial charge in [0, 0.05) is 13.1 Å². The Hall–Kier alpha value is -2.28. The lowest BCUT2D eigenvalue weighted by Crippen LogP contribution is -2.51. The van der Waals surface area contributed by atoms with Crippen molar-refractivity contribution < 1.29 is 19.1 Å². The van der Waals surface area contributed by atoms with E-state index in [-0.39, 0.29) is 31.0 Å². The van der Waals surface area contributed by atoms with Gasteiger partial charge in [0.2, 0.25) is 11.8 Å². The lowest BCUT2D eigenvalue weighted by molar-refractivity contribution is -0.127. The largest absolute Gasteiger partial charge is 0.486 e. The number of ether oxygens (including phenoxy) is 2. The minimum absolute atomic E-state index is 0.0420. The van der Waals surface area contributed by atoms with Crippen LogP contribution in [0.3, 0.4) is 0 Å². The van der Waals surface area contributed by atoms with E-state index in [2.05, 4.69) is 10.6 Å². The predicted molar refractivity (Wildman–Crippen MR) is 78.8 cm³/mol. The molecule has 7 nitrogen and oxygen atoms in total. The minimum Gasteiger partial charge on any atom is -0.486 e. The molecule has 1 atom stereocenters. The summed E-state index contributed by atoms with van der Waals surface area (Å²) in [5, 5.41) is 5.56. The molecule has 0 spiro atoms. The van der Waals surface area contributed by atoms with E-state index in [1.165, 1.54) is 0 Å². The van der Waals surface area contributed by atoms with Crippen LogP contribution >= 0.6 is 0 Å². The van der Waals surface area contributed by atoms with Crippen LogP contribution in [-0.2, 0) is 9.59 Å². The first-order valence-electron chi connectivity index (χ1n) is 7.35. The summed E-state index contributed by atoms with van der Waals surface area (Å²) in [6.45, 7) is 2.55. The SMILES string of the molecule is O=C1CN(CC(=O)NCC2COc3ccccc3O2)CCN1. The average molecular weight is 305 g/mol. The van der Waals surface area contributed by atoms with E-state index in [0.29, 0.717) is 32.0 Å². The Balaban J connectivity index is 1.43. The molecule has 7 heteroatoms. The summed E-state index contributed by atoms with van der Waals surface area (Å²) in [5.74, 6) is 1.27. The summed E-state index contributed by atoms with van der Waals surface area (Å²) < 4.78 is 11.4. The van der Waals surface area contributed by atoms with Crippen LogP contribution in [0.2, 0.25) is 0 Å². The van der Waals surface area contributed by atoms with E-state index in [0.717, 1.165) is 5.75 Å². The third kappa shape index (κ3) is 3.67. The van der Waals surface area contributed by atoms with Crippen molar-refractivity contribution in [3.8, 4) is 11.5 Å². The molecule has 0 saturated carbocycles. The van der Waals surface area contributed by atoms with Crippen molar-refractivity contribution in [3.05, 3.63) is 24.3 Å². The first kappa shape index (κ1) is 14.6. The summed E-state index contributed by atoms with van der Waals surface area (Å²) >= 11 is 0. The van der Waals surface area contributed by atoms with Gasteiger partial charge in [0.1, 0.15) is 12.7 Å². The molecular formula is C15H19N3O4. The molecule has 2 amide bonds. The molecule has 1 aromatic carbocycles. The molecule has 2 heterocycles. The second-order valence-electron chi connectivity index (χ2n) is 5.36. The van der Waals surface area contributed by atoms with Crippen molar-refractivity contribution >= 4 is 11.8 Å². The van der Waals surface area contributed by atoms with Gasteiger partial charge in [-0.25, -0.2) is 0 Å². The van der Waals surface area contributed by atoms with Crippen LogP contribution in [0.1, 0.15) is 0 Å². The van der Waals surface area contributed by atoms with E-state index in [1.54, 1.807) is 0 Å². The van der Waals surface area contributed by atoms with E-state index < -0.39 is 0 Å². The Kier molecular flexibility index (Phi) is 4.43. The third-order valence-corrected chi connectivity index (χ3v) is 3.58. The number of carbonyl (C=O) groups excluding carboxylic acids is 2. The zero-order valence-corrected chi connectivity index (χ0v) is 12.2. The van der Waals surface area contributed by atoms with E-state index in [4.69, 9.17) is 9.47 Å². The molecule has 118 valence electrons. The minimum atomic E-state index is -0.205. The maximum atomic E-state index is 11.9. The van der Waals surface area contributed by atoms with Crippen molar-refractivity contribution in [1.82, 2.24) is 15.5 Å². The fourth-order valence-electron chi connectivity index (χ4n) is 2.48. The van der Waals surface area contributed by atoms with Crippen LogP contribution in [0.15, 0.2) is 24.3 Å². The predicted octanol–water partition coefficient (Wildman–Crippen LogP) is -0.626. The number of nitrogens with zero attached hydrogens (tertiary/aromatic N) is 1. The topological polar surface area (TPSA) is 79.9 Å². The Morgan fingerprint density at radius 2 is 2.18 bits per heavy atom. The summed E-state index contributed by atoms with van der Waals surface area (Å²) in [7, 11) is 0. The first-order valence-corrected chi connectivity index (χ1v) is 7.35.